The molecule has 2 aliphatic rings. The fourth-order valence-electron chi connectivity index (χ4n) is 4.93. The molecule has 9 nitrogen and oxygen atoms in total. The largest absolute Gasteiger partial charge is 0.416 e. The number of halogens is 5. The van der Waals surface area contributed by atoms with Crippen molar-refractivity contribution in [3.63, 3.8) is 0 Å². The lowest BCUT2D eigenvalue weighted by Crippen LogP contribution is -2.61. The summed E-state index contributed by atoms with van der Waals surface area (Å²) in [6.45, 7) is 0.745. The fourth-order valence-corrected chi connectivity index (χ4v) is 5.16. The number of aromatic nitrogens is 2. The third-order valence-corrected chi connectivity index (χ3v) is 6.92. The molecule has 1 unspecified atom stereocenters. The van der Waals surface area contributed by atoms with Crippen LogP contribution in [0.15, 0.2) is 24.5 Å². The molecule has 3 atom stereocenters. The van der Waals surface area contributed by atoms with E-state index in [4.69, 9.17) is 17.3 Å². The average Bonchev–Trinajstić information content (AvgIpc) is 2.85. The molecule has 14 heteroatoms. The minimum absolute atomic E-state index is 0.0226. The van der Waals surface area contributed by atoms with Crippen LogP contribution in [0.2, 0.25) is 5.02 Å². The monoisotopic (exact) mass is 543 g/mol. The van der Waals surface area contributed by atoms with Gasteiger partial charge < -0.3 is 26.2 Å². The Kier molecular flexibility index (Phi) is 7.62. The van der Waals surface area contributed by atoms with E-state index in [2.05, 4.69) is 20.6 Å². The van der Waals surface area contributed by atoms with Crippen molar-refractivity contribution in [2.45, 2.75) is 37.5 Å². The number of benzene rings is 1. The van der Waals surface area contributed by atoms with Gasteiger partial charge in [0.15, 0.2) is 11.6 Å². The summed E-state index contributed by atoms with van der Waals surface area (Å²) in [4.78, 5) is 37.1. The Labute approximate surface area is 215 Å². The van der Waals surface area contributed by atoms with Crippen molar-refractivity contribution in [3.05, 3.63) is 40.9 Å². The molecule has 0 saturated carbocycles. The van der Waals surface area contributed by atoms with Gasteiger partial charge in [0.25, 0.3) is 0 Å². The lowest BCUT2D eigenvalue weighted by atomic mass is 9.87. The van der Waals surface area contributed by atoms with E-state index in [0.29, 0.717) is 32.4 Å². The van der Waals surface area contributed by atoms with Gasteiger partial charge in [-0.2, -0.15) is 17.6 Å². The number of likely N-dealkylation sites (tertiary alicyclic amines) is 1. The summed E-state index contributed by atoms with van der Waals surface area (Å²) in [7, 11) is 1.50. The van der Waals surface area contributed by atoms with Crippen molar-refractivity contribution in [3.8, 4) is 0 Å². The number of rotatable bonds is 5. The first kappa shape index (κ1) is 26.7. The van der Waals surface area contributed by atoms with Crippen LogP contribution in [0, 0.1) is 11.7 Å². The van der Waals surface area contributed by atoms with E-state index in [1.54, 1.807) is 9.80 Å². The van der Waals surface area contributed by atoms with Gasteiger partial charge in [0.2, 0.25) is 17.6 Å². The minimum atomic E-state index is -4.60. The first-order chi connectivity index (χ1) is 17.5. The molecule has 2 amide bonds. The number of hydrogen-bond acceptors (Lipinski definition) is 7. The van der Waals surface area contributed by atoms with Gasteiger partial charge in [0.05, 0.1) is 17.5 Å². The van der Waals surface area contributed by atoms with E-state index in [0.717, 1.165) is 18.5 Å². The van der Waals surface area contributed by atoms with E-state index < -0.39 is 35.6 Å². The number of carbonyl (C=O) groups excluding carboxylic acids is 2. The summed E-state index contributed by atoms with van der Waals surface area (Å²) in [6.07, 6.45) is -2.22. The van der Waals surface area contributed by atoms with E-state index in [9.17, 15) is 27.2 Å². The third-order valence-electron chi connectivity index (χ3n) is 6.70. The second-order valence-corrected chi connectivity index (χ2v) is 9.45. The Bertz CT molecular complexity index is 1180. The van der Waals surface area contributed by atoms with Crippen molar-refractivity contribution in [1.29, 1.82) is 0 Å². The zero-order valence-electron chi connectivity index (χ0n) is 19.9. The first-order valence-corrected chi connectivity index (χ1v) is 12.0. The first-order valence-electron chi connectivity index (χ1n) is 11.7. The number of piperidine rings is 2. The summed E-state index contributed by atoms with van der Waals surface area (Å²) in [5, 5.41) is 5.38. The maximum absolute atomic E-state index is 14.7. The molecule has 2 fully saturated rings. The summed E-state index contributed by atoms with van der Waals surface area (Å²) in [6, 6.07) is 1.56. The Hall–Kier alpha value is -3.35. The molecule has 0 bridgehead atoms. The highest BCUT2D eigenvalue weighted by Crippen LogP contribution is 2.35. The zero-order chi connectivity index (χ0) is 26.9. The lowest BCUT2D eigenvalue weighted by Gasteiger charge is -2.46. The lowest BCUT2D eigenvalue weighted by molar-refractivity contribution is -0.140. The average molecular weight is 544 g/mol. The van der Waals surface area contributed by atoms with Crippen LogP contribution in [0.4, 0.5) is 34.9 Å². The predicted molar refractivity (Wildman–Crippen MR) is 129 cm³/mol. The second-order valence-electron chi connectivity index (χ2n) is 9.02. The van der Waals surface area contributed by atoms with Crippen molar-refractivity contribution in [2.24, 2.45) is 5.92 Å². The number of amides is 2. The molecule has 2 aliphatic heterocycles. The maximum Gasteiger partial charge on any atom is 0.416 e. The number of alkyl halides is 3. The molecule has 1 aromatic heterocycles. The molecule has 0 radical (unpaired) electrons. The third kappa shape index (κ3) is 5.65. The van der Waals surface area contributed by atoms with Crippen molar-refractivity contribution in [2.75, 3.05) is 42.6 Å². The van der Waals surface area contributed by atoms with Gasteiger partial charge in [-0.25, -0.2) is 9.97 Å². The van der Waals surface area contributed by atoms with Crippen LogP contribution < -0.4 is 21.3 Å². The number of nitrogen functional groups attached to an aromatic ring is 1. The van der Waals surface area contributed by atoms with Crippen LogP contribution in [0.1, 0.15) is 24.8 Å². The number of anilines is 3. The van der Waals surface area contributed by atoms with Crippen molar-refractivity contribution in [1.82, 2.24) is 20.2 Å². The number of hydrogen-bond donors (Lipinski definition) is 3. The fraction of sp³-hybridized carbons (Fsp3) is 0.478. The highest BCUT2D eigenvalue weighted by Gasteiger charge is 2.43. The normalized spacial score (nSPS) is 22.6. The van der Waals surface area contributed by atoms with E-state index in [1.165, 1.54) is 13.1 Å². The van der Waals surface area contributed by atoms with Gasteiger partial charge in [-0.1, -0.05) is 11.6 Å². The van der Waals surface area contributed by atoms with Gasteiger partial charge in [-0.3, -0.25) is 9.59 Å². The Morgan fingerprint density at radius 2 is 1.95 bits per heavy atom. The molecule has 3 heterocycles. The highest BCUT2D eigenvalue weighted by atomic mass is 35.5. The Morgan fingerprint density at radius 1 is 1.19 bits per heavy atom. The smallest absolute Gasteiger partial charge is 0.381 e. The second kappa shape index (κ2) is 10.6. The summed E-state index contributed by atoms with van der Waals surface area (Å²) in [5.74, 6) is -2.33. The molecule has 2 aromatic rings. The van der Waals surface area contributed by atoms with Crippen LogP contribution in [-0.2, 0) is 15.8 Å². The molecular formula is C23H26ClF4N7O2. The van der Waals surface area contributed by atoms with Crippen LogP contribution >= 0.6 is 11.6 Å². The molecule has 2 saturated heterocycles. The molecule has 4 rings (SSSR count). The van der Waals surface area contributed by atoms with E-state index in [1.807, 2.05) is 0 Å². The Morgan fingerprint density at radius 3 is 2.65 bits per heavy atom. The summed E-state index contributed by atoms with van der Waals surface area (Å²) in [5.41, 5.74) is 4.72. The van der Waals surface area contributed by atoms with Crippen molar-refractivity contribution >= 4 is 40.7 Å². The van der Waals surface area contributed by atoms with Gasteiger partial charge in [-0.15, -0.1) is 0 Å². The number of carbonyl (C=O) groups is 2. The van der Waals surface area contributed by atoms with Gasteiger partial charge in [0, 0.05) is 37.4 Å². The molecule has 4 N–H and O–H groups in total. The van der Waals surface area contributed by atoms with Crippen LogP contribution in [-0.4, -0.2) is 65.4 Å². The standard InChI is InChI=1S/C23H26ClF4N7O2/c1-30-21(36)15-4-6-34(20-18(25)19(29)31-11-32-20)10-17(15)35-5-2-3-16(22(35)37)33-14-8-12(23(26,27)28)7-13(24)9-14/h7-9,11,15-17,33H,2-6,10H2,1H3,(H,30,36)(H2,29,31,32)/t15?,16-,17-/m0/s1. The number of nitrogens with one attached hydrogen (secondary N) is 2. The summed E-state index contributed by atoms with van der Waals surface area (Å²) >= 11 is 5.89. The van der Waals surface area contributed by atoms with Gasteiger partial charge in [-0.05, 0) is 37.5 Å². The summed E-state index contributed by atoms with van der Waals surface area (Å²) < 4.78 is 54.4. The van der Waals surface area contributed by atoms with E-state index in [-0.39, 0.29) is 40.7 Å². The van der Waals surface area contributed by atoms with Crippen LogP contribution in [0.25, 0.3) is 0 Å². The molecule has 0 spiro atoms. The van der Waals surface area contributed by atoms with Crippen LogP contribution in [0.3, 0.4) is 0 Å². The maximum atomic E-state index is 14.7. The SMILES string of the molecule is CNC(=O)C1CCN(c2ncnc(N)c2F)C[C@@H]1N1CCC[C@H](Nc2cc(Cl)cc(C(F)(F)F)c2)C1=O. The number of nitrogens with two attached hydrogens (primary N) is 1. The van der Waals surface area contributed by atoms with Crippen molar-refractivity contribution < 1.29 is 27.2 Å². The highest BCUT2D eigenvalue weighted by molar-refractivity contribution is 6.31. The van der Waals surface area contributed by atoms with E-state index >= 15 is 0 Å². The molecule has 0 aliphatic carbocycles. The molecule has 1 aromatic carbocycles. The molecule has 37 heavy (non-hydrogen) atoms. The topological polar surface area (TPSA) is 116 Å². The van der Waals surface area contributed by atoms with Gasteiger partial charge >= 0.3 is 6.18 Å². The van der Waals surface area contributed by atoms with Crippen LogP contribution in [0.5, 0.6) is 0 Å². The molecule has 200 valence electrons. The quantitative estimate of drug-likeness (QED) is 0.497. The molecular weight excluding hydrogens is 518 g/mol. The zero-order valence-corrected chi connectivity index (χ0v) is 20.6. The predicted octanol–water partition coefficient (Wildman–Crippen LogP) is 2.91. The Balaban J connectivity index is 1.59. The number of nitrogens with zero attached hydrogens (tertiary/aromatic N) is 4. The van der Waals surface area contributed by atoms with Gasteiger partial charge in [0.1, 0.15) is 12.4 Å². The minimum Gasteiger partial charge on any atom is -0.381 e.